The predicted octanol–water partition coefficient (Wildman–Crippen LogP) is 3.51. The van der Waals surface area contributed by atoms with Gasteiger partial charge in [0.2, 0.25) is 5.91 Å². The van der Waals surface area contributed by atoms with Gasteiger partial charge in [0.25, 0.3) is 5.91 Å². The summed E-state index contributed by atoms with van der Waals surface area (Å²) < 4.78 is 48.5. The summed E-state index contributed by atoms with van der Waals surface area (Å²) in [5.41, 5.74) is -0.897. The number of carbonyl (C=O) groups is 2. The van der Waals surface area contributed by atoms with Crippen molar-refractivity contribution >= 4 is 17.6 Å². The van der Waals surface area contributed by atoms with Crippen molar-refractivity contribution in [3.63, 3.8) is 0 Å². The van der Waals surface area contributed by atoms with E-state index in [-0.39, 0.29) is 37.3 Å². The van der Waals surface area contributed by atoms with E-state index in [9.17, 15) is 22.8 Å². The average Bonchev–Trinajstić information content (AvgIpc) is 3.57. The maximum Gasteiger partial charge on any atom is 0.417 e. The zero-order valence-electron chi connectivity index (χ0n) is 16.8. The summed E-state index contributed by atoms with van der Waals surface area (Å²) in [7, 11) is 1.50. The lowest BCUT2D eigenvalue weighted by atomic mass is 10.2. The van der Waals surface area contributed by atoms with Gasteiger partial charge in [0.05, 0.1) is 12.7 Å². The Hall–Kier alpha value is -3.30. The molecule has 1 aliphatic rings. The lowest BCUT2D eigenvalue weighted by Gasteiger charge is -2.22. The molecule has 1 aromatic heterocycles. The summed E-state index contributed by atoms with van der Waals surface area (Å²) >= 11 is 0. The number of alkyl halides is 3. The number of benzene rings is 1. The van der Waals surface area contributed by atoms with Crippen LogP contribution in [0.5, 0.6) is 11.5 Å². The van der Waals surface area contributed by atoms with Crippen LogP contribution in [-0.2, 0) is 15.8 Å². The van der Waals surface area contributed by atoms with Crippen molar-refractivity contribution in [1.82, 2.24) is 9.88 Å². The van der Waals surface area contributed by atoms with Gasteiger partial charge in [-0.3, -0.25) is 9.59 Å². The molecule has 10 heteroatoms. The van der Waals surface area contributed by atoms with Gasteiger partial charge in [0.1, 0.15) is 5.82 Å². The monoisotopic (exact) mass is 437 g/mol. The Morgan fingerprint density at radius 1 is 1.16 bits per heavy atom. The summed E-state index contributed by atoms with van der Waals surface area (Å²) in [4.78, 5) is 30.0. The molecule has 1 aliphatic carbocycles. The van der Waals surface area contributed by atoms with Crippen molar-refractivity contribution in [2.24, 2.45) is 0 Å². The van der Waals surface area contributed by atoms with Gasteiger partial charge in [-0.25, -0.2) is 4.98 Å². The number of anilines is 1. The molecule has 1 aromatic carbocycles. The van der Waals surface area contributed by atoms with Gasteiger partial charge < -0.3 is 19.7 Å². The lowest BCUT2D eigenvalue weighted by Crippen LogP contribution is -2.38. The number of nitrogens with zero attached hydrogens (tertiary/aromatic N) is 2. The first-order chi connectivity index (χ1) is 14.8. The van der Waals surface area contributed by atoms with Gasteiger partial charge in [-0.15, -0.1) is 0 Å². The fraction of sp³-hybridized carbons (Fsp3) is 0.381. The van der Waals surface area contributed by atoms with E-state index in [0.29, 0.717) is 17.7 Å². The molecule has 0 saturated heterocycles. The molecule has 1 saturated carbocycles. The molecule has 0 radical (unpaired) electrons. The minimum absolute atomic E-state index is 0.0143. The average molecular weight is 437 g/mol. The molecular weight excluding hydrogens is 415 g/mol. The van der Waals surface area contributed by atoms with E-state index in [4.69, 9.17) is 9.47 Å². The third-order valence-corrected chi connectivity index (χ3v) is 4.67. The van der Waals surface area contributed by atoms with E-state index in [1.165, 1.54) is 7.11 Å². The first kappa shape index (κ1) is 22.4. The zero-order valence-corrected chi connectivity index (χ0v) is 16.8. The molecule has 31 heavy (non-hydrogen) atoms. The summed E-state index contributed by atoms with van der Waals surface area (Å²) in [6.45, 7) is -0.0236. The fourth-order valence-corrected chi connectivity index (χ4v) is 2.92. The molecule has 1 fully saturated rings. The van der Waals surface area contributed by atoms with Crippen molar-refractivity contribution in [2.45, 2.75) is 31.5 Å². The normalized spacial score (nSPS) is 13.4. The third-order valence-electron chi connectivity index (χ3n) is 4.67. The third kappa shape index (κ3) is 6.34. The Kier molecular flexibility index (Phi) is 6.98. The Morgan fingerprint density at radius 2 is 1.87 bits per heavy atom. The van der Waals surface area contributed by atoms with E-state index >= 15 is 0 Å². The standard InChI is InChI=1S/C21H22F3N3O4/c1-30-16-4-2-3-5-17(16)31-13-20(29)27(15-7-8-15)11-10-19(28)26-18-9-6-14(12-25-18)21(22,23)24/h2-6,9,12,15H,7-8,10-11,13H2,1H3,(H,25,26,28). The molecule has 3 rings (SSSR count). The van der Waals surface area contributed by atoms with Crippen LogP contribution < -0.4 is 14.8 Å². The number of methoxy groups -OCH3 is 1. The van der Waals surface area contributed by atoms with Crippen LogP contribution in [0, 0.1) is 0 Å². The Balaban J connectivity index is 1.51. The molecular formula is C21H22F3N3O4. The fourth-order valence-electron chi connectivity index (χ4n) is 2.92. The van der Waals surface area contributed by atoms with Gasteiger partial charge in [-0.05, 0) is 37.1 Å². The second kappa shape index (κ2) is 9.67. The SMILES string of the molecule is COc1ccccc1OCC(=O)N(CCC(=O)Nc1ccc(C(F)(F)F)cn1)C1CC1. The maximum absolute atomic E-state index is 12.6. The van der Waals surface area contributed by atoms with Crippen molar-refractivity contribution in [1.29, 1.82) is 0 Å². The second-order valence-corrected chi connectivity index (χ2v) is 6.99. The van der Waals surface area contributed by atoms with E-state index in [1.807, 2.05) is 0 Å². The number of ether oxygens (including phenoxy) is 2. The number of pyridine rings is 1. The molecule has 166 valence electrons. The molecule has 1 N–H and O–H groups in total. The second-order valence-electron chi connectivity index (χ2n) is 6.99. The van der Waals surface area contributed by atoms with Crippen molar-refractivity contribution in [3.8, 4) is 11.5 Å². The first-order valence-corrected chi connectivity index (χ1v) is 9.66. The van der Waals surface area contributed by atoms with Crippen LogP contribution in [0.1, 0.15) is 24.8 Å². The number of aromatic nitrogens is 1. The molecule has 7 nitrogen and oxygen atoms in total. The molecule has 0 unspecified atom stereocenters. The van der Waals surface area contributed by atoms with Gasteiger partial charge in [-0.2, -0.15) is 13.2 Å². The predicted molar refractivity (Wildman–Crippen MR) is 106 cm³/mol. The first-order valence-electron chi connectivity index (χ1n) is 9.66. The summed E-state index contributed by atoms with van der Waals surface area (Å²) in [6, 6.07) is 8.96. The molecule has 0 bridgehead atoms. The highest BCUT2D eigenvalue weighted by atomic mass is 19.4. The van der Waals surface area contributed by atoms with Crippen LogP contribution in [-0.4, -0.2) is 48.0 Å². The van der Waals surface area contributed by atoms with Gasteiger partial charge in [-0.1, -0.05) is 12.1 Å². The minimum atomic E-state index is -4.49. The largest absolute Gasteiger partial charge is 0.493 e. The van der Waals surface area contributed by atoms with E-state index in [1.54, 1.807) is 29.2 Å². The van der Waals surface area contributed by atoms with Crippen LogP contribution in [0.3, 0.4) is 0 Å². The number of amides is 2. The van der Waals surface area contributed by atoms with Crippen LogP contribution >= 0.6 is 0 Å². The van der Waals surface area contributed by atoms with Crippen LogP contribution in [0.15, 0.2) is 42.6 Å². The molecule has 0 aliphatic heterocycles. The van der Waals surface area contributed by atoms with E-state index in [2.05, 4.69) is 10.3 Å². The highest BCUT2D eigenvalue weighted by Gasteiger charge is 2.33. The Labute approximate surface area is 177 Å². The Morgan fingerprint density at radius 3 is 2.45 bits per heavy atom. The smallest absolute Gasteiger partial charge is 0.417 e. The van der Waals surface area contributed by atoms with Crippen molar-refractivity contribution in [2.75, 3.05) is 25.6 Å². The molecule has 2 aromatic rings. The highest BCUT2D eigenvalue weighted by Crippen LogP contribution is 2.30. The number of halogens is 3. The maximum atomic E-state index is 12.6. The molecule has 1 heterocycles. The summed E-state index contributed by atoms with van der Waals surface area (Å²) in [5, 5.41) is 2.44. The minimum Gasteiger partial charge on any atom is -0.493 e. The number of hydrogen-bond donors (Lipinski definition) is 1. The van der Waals surface area contributed by atoms with E-state index in [0.717, 1.165) is 25.0 Å². The molecule has 2 amide bonds. The molecule has 0 spiro atoms. The van der Waals surface area contributed by atoms with E-state index < -0.39 is 17.6 Å². The van der Waals surface area contributed by atoms with Crippen molar-refractivity contribution < 1.29 is 32.2 Å². The number of rotatable bonds is 9. The zero-order chi connectivity index (χ0) is 22.4. The van der Waals surface area contributed by atoms with Crippen LogP contribution in [0.4, 0.5) is 19.0 Å². The topological polar surface area (TPSA) is 80.8 Å². The van der Waals surface area contributed by atoms with Gasteiger partial charge in [0, 0.05) is 25.2 Å². The number of nitrogens with one attached hydrogen (secondary N) is 1. The van der Waals surface area contributed by atoms with Gasteiger partial charge >= 0.3 is 6.18 Å². The van der Waals surface area contributed by atoms with Crippen LogP contribution in [0.25, 0.3) is 0 Å². The van der Waals surface area contributed by atoms with Crippen molar-refractivity contribution in [3.05, 3.63) is 48.2 Å². The molecule has 0 atom stereocenters. The Bertz CT molecular complexity index is 915. The van der Waals surface area contributed by atoms with Crippen LogP contribution in [0.2, 0.25) is 0 Å². The number of carbonyl (C=O) groups excluding carboxylic acids is 2. The number of para-hydroxylation sites is 2. The number of hydrogen-bond acceptors (Lipinski definition) is 5. The lowest BCUT2D eigenvalue weighted by molar-refractivity contribution is -0.138. The quantitative estimate of drug-likeness (QED) is 0.650. The highest BCUT2D eigenvalue weighted by molar-refractivity contribution is 5.90. The summed E-state index contributed by atoms with van der Waals surface area (Å²) in [5.74, 6) is 0.268. The summed E-state index contributed by atoms with van der Waals surface area (Å²) in [6.07, 6.45) is -2.15. The van der Waals surface area contributed by atoms with Gasteiger partial charge in [0.15, 0.2) is 18.1 Å².